The summed E-state index contributed by atoms with van der Waals surface area (Å²) in [5, 5.41) is 20.0. The van der Waals surface area contributed by atoms with E-state index >= 15 is 0 Å². The van der Waals surface area contributed by atoms with E-state index in [0.29, 0.717) is 10.5 Å². The highest BCUT2D eigenvalue weighted by molar-refractivity contribution is 8.00. The van der Waals surface area contributed by atoms with Crippen LogP contribution in [-0.2, 0) is 0 Å². The Morgan fingerprint density at radius 3 is 1.73 bits per heavy atom. The quantitative estimate of drug-likeness (QED) is 0.570. The second-order valence-corrected chi connectivity index (χ2v) is 4.99. The number of aliphatic hydroxyl groups is 2. The van der Waals surface area contributed by atoms with Crippen molar-refractivity contribution in [2.45, 2.75) is 48.4 Å². The fourth-order valence-electron chi connectivity index (χ4n) is 1.97. The number of hydrogen-bond acceptors (Lipinski definition) is 3. The van der Waals surface area contributed by atoms with E-state index in [0.717, 1.165) is 25.7 Å². The number of rotatable bonds is 0. The summed E-state index contributed by atoms with van der Waals surface area (Å²) in [6, 6.07) is 0. The maximum atomic E-state index is 9.56. The molecule has 11 heavy (non-hydrogen) atoms. The number of hydrogen-bond donors (Lipinski definition) is 2. The molecular weight excluding hydrogens is 160 g/mol. The van der Waals surface area contributed by atoms with Crippen LogP contribution in [0.5, 0.6) is 0 Å². The van der Waals surface area contributed by atoms with Crippen molar-refractivity contribution in [3.63, 3.8) is 0 Å². The van der Waals surface area contributed by atoms with Gasteiger partial charge in [-0.3, -0.25) is 0 Å². The lowest BCUT2D eigenvalue weighted by Crippen LogP contribution is -2.22. The van der Waals surface area contributed by atoms with Crippen LogP contribution in [0.15, 0.2) is 0 Å². The van der Waals surface area contributed by atoms with E-state index in [-0.39, 0.29) is 12.2 Å². The first kappa shape index (κ1) is 7.90. The first-order chi connectivity index (χ1) is 5.27. The van der Waals surface area contributed by atoms with Gasteiger partial charge >= 0.3 is 0 Å². The molecule has 2 aliphatic heterocycles. The lowest BCUT2D eigenvalue weighted by molar-refractivity contribution is 0.105. The molecule has 0 unspecified atom stereocenters. The van der Waals surface area contributed by atoms with Gasteiger partial charge in [-0.2, -0.15) is 0 Å². The van der Waals surface area contributed by atoms with Crippen LogP contribution in [0.2, 0.25) is 0 Å². The Balaban J connectivity index is 2.07. The van der Waals surface area contributed by atoms with Crippen molar-refractivity contribution in [1.82, 2.24) is 0 Å². The van der Waals surface area contributed by atoms with Gasteiger partial charge in [0.05, 0.1) is 12.2 Å². The molecule has 2 fully saturated rings. The molecule has 4 atom stereocenters. The highest BCUT2D eigenvalue weighted by Gasteiger charge is 2.37. The second-order valence-electron chi connectivity index (χ2n) is 3.50. The number of aliphatic hydroxyl groups excluding tert-OH is 2. The average molecular weight is 174 g/mol. The standard InChI is InChI=1S/C8H14O2S/c9-5-1-2-6(10)8-4-3-7(5)11-8/h5-10H,1-4H2/t5-,6+,7+,8-. The highest BCUT2D eigenvalue weighted by Crippen LogP contribution is 2.42. The smallest absolute Gasteiger partial charge is 0.0659 e. The fourth-order valence-corrected chi connectivity index (χ4v) is 3.60. The van der Waals surface area contributed by atoms with Gasteiger partial charge in [-0.25, -0.2) is 0 Å². The van der Waals surface area contributed by atoms with Crippen molar-refractivity contribution in [2.75, 3.05) is 0 Å². The minimum Gasteiger partial charge on any atom is -0.392 e. The summed E-state index contributed by atoms with van der Waals surface area (Å²) < 4.78 is 0. The normalized spacial score (nSPS) is 50.7. The molecule has 0 aromatic carbocycles. The highest BCUT2D eigenvalue weighted by atomic mass is 32.2. The zero-order chi connectivity index (χ0) is 7.84. The molecular formula is C8H14O2S. The third kappa shape index (κ3) is 1.42. The van der Waals surface area contributed by atoms with Crippen molar-refractivity contribution in [3.8, 4) is 0 Å². The maximum absolute atomic E-state index is 9.56. The molecule has 2 bridgehead atoms. The van der Waals surface area contributed by atoms with Gasteiger partial charge in [0.15, 0.2) is 0 Å². The van der Waals surface area contributed by atoms with Crippen molar-refractivity contribution in [3.05, 3.63) is 0 Å². The van der Waals surface area contributed by atoms with E-state index in [1.807, 2.05) is 0 Å². The van der Waals surface area contributed by atoms with E-state index in [9.17, 15) is 10.2 Å². The van der Waals surface area contributed by atoms with E-state index < -0.39 is 0 Å². The zero-order valence-electron chi connectivity index (χ0n) is 6.44. The van der Waals surface area contributed by atoms with Crippen LogP contribution < -0.4 is 0 Å². The average Bonchev–Trinajstić information content (AvgIpc) is 2.42. The molecule has 2 N–H and O–H groups in total. The molecule has 0 saturated carbocycles. The van der Waals surface area contributed by atoms with Gasteiger partial charge in [0, 0.05) is 10.5 Å². The molecule has 0 aromatic rings. The van der Waals surface area contributed by atoms with Crippen LogP contribution in [0.4, 0.5) is 0 Å². The predicted molar refractivity (Wildman–Crippen MR) is 45.6 cm³/mol. The van der Waals surface area contributed by atoms with Crippen molar-refractivity contribution >= 4 is 11.8 Å². The minimum absolute atomic E-state index is 0.165. The zero-order valence-corrected chi connectivity index (χ0v) is 7.26. The second kappa shape index (κ2) is 2.96. The van der Waals surface area contributed by atoms with Gasteiger partial charge in [0.1, 0.15) is 0 Å². The van der Waals surface area contributed by atoms with E-state index in [1.54, 1.807) is 11.8 Å². The molecule has 64 valence electrons. The first-order valence-electron chi connectivity index (χ1n) is 4.29. The lowest BCUT2D eigenvalue weighted by Gasteiger charge is -2.16. The fraction of sp³-hybridized carbons (Fsp3) is 1.00. The Kier molecular flexibility index (Phi) is 2.12. The van der Waals surface area contributed by atoms with E-state index in [1.165, 1.54) is 0 Å². The van der Waals surface area contributed by atoms with Crippen LogP contribution in [0.3, 0.4) is 0 Å². The lowest BCUT2D eigenvalue weighted by atomic mass is 9.97. The predicted octanol–water partition coefficient (Wildman–Crippen LogP) is 0.766. The van der Waals surface area contributed by atoms with Crippen LogP contribution >= 0.6 is 11.8 Å². The summed E-state index contributed by atoms with van der Waals surface area (Å²) in [5.74, 6) is 0. The van der Waals surface area contributed by atoms with Crippen LogP contribution in [0, 0.1) is 0 Å². The Labute approximate surface area is 71.0 Å². The Bertz CT molecular complexity index is 135. The SMILES string of the molecule is O[C@@H]1CC[C@H](O)[C@H]2CC[C@@H]1S2. The molecule has 2 saturated heterocycles. The van der Waals surface area contributed by atoms with Crippen molar-refractivity contribution in [1.29, 1.82) is 0 Å². The Morgan fingerprint density at radius 1 is 0.818 bits per heavy atom. The van der Waals surface area contributed by atoms with E-state index in [2.05, 4.69) is 0 Å². The third-order valence-corrected chi connectivity index (χ3v) is 4.50. The summed E-state index contributed by atoms with van der Waals surface area (Å²) in [5.41, 5.74) is 0. The van der Waals surface area contributed by atoms with Gasteiger partial charge < -0.3 is 10.2 Å². The minimum atomic E-state index is -0.165. The molecule has 2 nitrogen and oxygen atoms in total. The Hall–Kier alpha value is 0.270. The molecule has 2 heterocycles. The molecule has 0 amide bonds. The van der Waals surface area contributed by atoms with Gasteiger partial charge in [-0.15, -0.1) is 11.8 Å². The summed E-state index contributed by atoms with van der Waals surface area (Å²) >= 11 is 1.79. The summed E-state index contributed by atoms with van der Waals surface area (Å²) in [4.78, 5) is 0. The van der Waals surface area contributed by atoms with Gasteiger partial charge in [-0.1, -0.05) is 0 Å². The molecule has 3 heteroatoms. The third-order valence-electron chi connectivity index (χ3n) is 2.70. The van der Waals surface area contributed by atoms with Gasteiger partial charge in [0.25, 0.3) is 0 Å². The number of thioether (sulfide) groups is 1. The number of fused-ring (bicyclic) bond motifs is 2. The molecule has 2 aliphatic rings. The van der Waals surface area contributed by atoms with Crippen LogP contribution in [0.1, 0.15) is 25.7 Å². The van der Waals surface area contributed by atoms with Gasteiger partial charge in [-0.05, 0) is 25.7 Å². The summed E-state index contributed by atoms with van der Waals surface area (Å²) in [7, 11) is 0. The summed E-state index contributed by atoms with van der Waals surface area (Å²) in [6.45, 7) is 0. The molecule has 0 aromatic heterocycles. The molecule has 0 aliphatic carbocycles. The topological polar surface area (TPSA) is 40.5 Å². The Morgan fingerprint density at radius 2 is 1.27 bits per heavy atom. The van der Waals surface area contributed by atoms with Crippen LogP contribution in [-0.4, -0.2) is 32.9 Å². The van der Waals surface area contributed by atoms with Crippen LogP contribution in [0.25, 0.3) is 0 Å². The molecule has 0 radical (unpaired) electrons. The summed E-state index contributed by atoms with van der Waals surface area (Å²) in [6.07, 6.45) is 3.43. The molecule has 0 spiro atoms. The van der Waals surface area contributed by atoms with Gasteiger partial charge in [0.2, 0.25) is 0 Å². The monoisotopic (exact) mass is 174 g/mol. The van der Waals surface area contributed by atoms with Crippen molar-refractivity contribution < 1.29 is 10.2 Å². The maximum Gasteiger partial charge on any atom is 0.0659 e. The molecule has 2 rings (SSSR count). The van der Waals surface area contributed by atoms with Crippen molar-refractivity contribution in [2.24, 2.45) is 0 Å². The van der Waals surface area contributed by atoms with E-state index in [4.69, 9.17) is 0 Å². The first-order valence-corrected chi connectivity index (χ1v) is 5.23. The largest absolute Gasteiger partial charge is 0.392 e.